The number of anilines is 2. The summed E-state index contributed by atoms with van der Waals surface area (Å²) in [5.74, 6) is 0.166. The summed E-state index contributed by atoms with van der Waals surface area (Å²) < 4.78 is 89.6. The van der Waals surface area contributed by atoms with Crippen LogP contribution in [-0.2, 0) is 55.6 Å². The Kier molecular flexibility index (Phi) is 22.1. The number of carbonyl (C=O) groups excluding carboxylic acids is 2. The van der Waals surface area contributed by atoms with Gasteiger partial charge in [0.1, 0.15) is 83.4 Å². The van der Waals surface area contributed by atoms with Crippen LogP contribution < -0.4 is 32.1 Å². The molecule has 6 bridgehead atoms. The molecule has 8 aromatic rings. The van der Waals surface area contributed by atoms with Crippen LogP contribution in [0.2, 0.25) is 0 Å². The van der Waals surface area contributed by atoms with Gasteiger partial charge in [0.2, 0.25) is 6.23 Å². The molecule has 608 valence electrons. The smallest absolute Gasteiger partial charge is 0.368 e. The first-order chi connectivity index (χ1) is 56.2. The zero-order chi connectivity index (χ0) is 79.9. The van der Waals surface area contributed by atoms with Gasteiger partial charge >= 0.3 is 22.9 Å². The number of aromatic nitrogens is 6. The lowest BCUT2D eigenvalue weighted by Gasteiger charge is -2.29. The molecule has 30 nitrogen and oxygen atoms in total. The number of aromatic amines is 1. The van der Waals surface area contributed by atoms with Crippen molar-refractivity contribution in [1.29, 1.82) is 0 Å². The van der Waals surface area contributed by atoms with E-state index in [1.54, 1.807) is 94.2 Å². The molecule has 3 unspecified atom stereocenters. The van der Waals surface area contributed by atoms with Gasteiger partial charge in [-0.3, -0.25) is 23.5 Å². The molecule has 12 aliphatic rings. The summed E-state index contributed by atoms with van der Waals surface area (Å²) in [6, 6.07) is 49.5. The predicted octanol–water partition coefficient (Wildman–Crippen LogP) is 11.4. The Morgan fingerprint density at radius 3 is 1.28 bits per heavy atom. The van der Waals surface area contributed by atoms with Crippen molar-refractivity contribution in [3.63, 3.8) is 0 Å². The number of carbonyl (C=O) groups is 2. The van der Waals surface area contributed by atoms with Crippen LogP contribution in [0.4, 0.5) is 17.6 Å². The third-order valence-electron chi connectivity index (χ3n) is 23.7. The van der Waals surface area contributed by atoms with E-state index in [4.69, 9.17) is 55.6 Å². The van der Waals surface area contributed by atoms with Crippen LogP contribution in [0.1, 0.15) is 150 Å². The summed E-state index contributed by atoms with van der Waals surface area (Å²) >= 11 is 0. The van der Waals surface area contributed by atoms with E-state index in [9.17, 15) is 24.0 Å². The van der Waals surface area contributed by atoms with Crippen LogP contribution in [0.3, 0.4) is 0 Å². The summed E-state index contributed by atoms with van der Waals surface area (Å²) in [4.78, 5) is 81.5. The minimum atomic E-state index is -1.32. The molecule has 12 fully saturated rings. The highest BCUT2D eigenvalue weighted by atomic mass is 31.2. The summed E-state index contributed by atoms with van der Waals surface area (Å²) in [6.07, 6.45) is 8.84. The van der Waals surface area contributed by atoms with Gasteiger partial charge in [0.05, 0.1) is 31.6 Å². The topological polar surface area (TPSA) is 301 Å². The second kappa shape index (κ2) is 32.5. The van der Waals surface area contributed by atoms with Gasteiger partial charge in [-0.15, -0.1) is 0 Å². The van der Waals surface area contributed by atoms with Gasteiger partial charge in [0.25, 0.3) is 37.4 Å². The predicted molar refractivity (Wildman–Crippen MR) is 429 cm³/mol. The highest BCUT2D eigenvalue weighted by Crippen LogP contribution is 2.67. The molecule has 12 aliphatic heterocycles. The van der Waals surface area contributed by atoms with E-state index < -0.39 is 96.9 Å². The maximum atomic E-state index is 13.2. The number of rotatable bonds is 18. The molecule has 5 aromatic carbocycles. The van der Waals surface area contributed by atoms with Crippen molar-refractivity contribution in [1.82, 2.24) is 43.0 Å². The molecule has 2 amide bonds. The molecule has 0 saturated carbocycles. The quantitative estimate of drug-likeness (QED) is 0.0311. The molecule has 0 radical (unpaired) electrons. The van der Waals surface area contributed by atoms with Crippen LogP contribution in [0.25, 0.3) is 0 Å². The summed E-state index contributed by atoms with van der Waals surface area (Å²) in [7, 11) is -0.148. The van der Waals surface area contributed by atoms with E-state index in [1.807, 2.05) is 98.9 Å². The minimum Gasteiger partial charge on any atom is -0.368 e. The van der Waals surface area contributed by atoms with Crippen molar-refractivity contribution in [3.05, 3.63) is 246 Å². The van der Waals surface area contributed by atoms with E-state index in [0.29, 0.717) is 59.6 Å². The Morgan fingerprint density at radius 2 is 0.888 bits per heavy atom. The molecule has 15 heterocycles. The van der Waals surface area contributed by atoms with Gasteiger partial charge in [0, 0.05) is 86.5 Å². The van der Waals surface area contributed by atoms with E-state index in [1.165, 1.54) is 14.7 Å². The van der Waals surface area contributed by atoms with Crippen molar-refractivity contribution in [2.45, 2.75) is 189 Å². The fourth-order valence-electron chi connectivity index (χ4n) is 17.7. The molecule has 33 heteroatoms. The van der Waals surface area contributed by atoms with Gasteiger partial charge in [0.15, 0.2) is 18.8 Å². The van der Waals surface area contributed by atoms with E-state index >= 15 is 0 Å². The number of aryl methyl sites for hydroxylation is 3. The molecule has 0 spiro atoms. The van der Waals surface area contributed by atoms with Crippen molar-refractivity contribution >= 4 is 61.3 Å². The Morgan fingerprint density at radius 1 is 0.526 bits per heavy atom. The van der Waals surface area contributed by atoms with Gasteiger partial charge in [-0.25, -0.2) is 33.2 Å². The van der Waals surface area contributed by atoms with Crippen LogP contribution in [0, 0.1) is 20.8 Å². The van der Waals surface area contributed by atoms with Gasteiger partial charge in [-0.2, -0.15) is 9.97 Å². The normalized spacial score (nSPS) is 33.7. The second-order valence-corrected chi connectivity index (χ2v) is 36.5. The third-order valence-corrected chi connectivity index (χ3v) is 28.9. The average Bonchev–Trinajstić information content (AvgIpc) is 1.58. The second-order valence-electron chi connectivity index (χ2n) is 32.3. The summed E-state index contributed by atoms with van der Waals surface area (Å²) in [5.41, 5.74) is 2.93. The average molecular weight is 1640 g/mol. The number of benzene rings is 5. The first kappa shape index (κ1) is 79.0. The van der Waals surface area contributed by atoms with Crippen molar-refractivity contribution < 1.29 is 69.7 Å². The standard InChI is InChI=1S/2C29H31N4O6P.C25H32N5O5P/c2*1-18-16-32(28(35)31-25(18)30-26(34)20-12-7-4-8-13-20)27-23-24(29(2,37-27)17-36-23)39-40-33-15-9-14-21(33)22(38-40)19-10-5-3-6-11-19;1-16-13-29(24(27-22(16)31)26-15-28(3)4)23-20-21(25(2,33-23)14-32-20)35-36-30-12-8-11-18(30)19(34-36)17-9-6-5-7-10-17/h2*3-8,10-13,16,21-24,27H,9,14-15,17H2,1-2H3,(H,30,31,34,35);5-7,9-10,13,15,18-21,23H,8,11-12,14H2,1-4H3/p+1/t21-,22+,23+,24?,27-,29+,40+;21-,22+,23-,24?,27+,29-,40+;18-,19+,20+,21?,23-,25+,36+/m101/s1. The maximum absolute atomic E-state index is 13.2. The number of amides is 2. The van der Waals surface area contributed by atoms with E-state index in [-0.39, 0.29) is 71.6 Å². The number of hydrogen-bond donors (Lipinski definition) is 3. The fraction of sp³-hybridized carbons (Fsp3) is 0.458. The van der Waals surface area contributed by atoms with Gasteiger partial charge in [-0.05, 0) is 121 Å². The van der Waals surface area contributed by atoms with Gasteiger partial charge in [-0.1, -0.05) is 132 Å². The zero-order valence-corrected chi connectivity index (χ0v) is 68.3. The van der Waals surface area contributed by atoms with Crippen LogP contribution in [0.5, 0.6) is 0 Å². The molecule has 3 N–H and O–H groups in total. The molecule has 3 aromatic heterocycles. The van der Waals surface area contributed by atoms with E-state index in [0.717, 1.165) is 69.3 Å². The van der Waals surface area contributed by atoms with Crippen LogP contribution in [0.15, 0.2) is 190 Å². The van der Waals surface area contributed by atoms with Crippen molar-refractivity contribution in [2.75, 3.05) is 64.2 Å². The lowest BCUT2D eigenvalue weighted by Crippen LogP contribution is -2.50. The molecule has 21 atom stereocenters. The molecular weight excluding hydrogens is 1540 g/mol. The number of ether oxygens (including phenoxy) is 6. The number of hydrogen-bond acceptors (Lipinski definition) is 23. The molecular formula is C83H95N13O17P3+. The van der Waals surface area contributed by atoms with Crippen LogP contribution in [-0.4, -0.2) is 186 Å². The maximum Gasteiger partial charge on any atom is 0.402 e. The molecule has 12 saturated heterocycles. The van der Waals surface area contributed by atoms with Crippen molar-refractivity contribution in [2.24, 2.45) is 4.99 Å². The Bertz CT molecular complexity index is 4930. The number of aliphatic imine (C=N–C) groups is 1. The van der Waals surface area contributed by atoms with E-state index in [2.05, 4.69) is 93.1 Å². The molecule has 116 heavy (non-hydrogen) atoms. The lowest BCUT2D eigenvalue weighted by molar-refractivity contribution is -0.762. The fourth-order valence-corrected chi connectivity index (χ4v) is 23.9. The summed E-state index contributed by atoms with van der Waals surface area (Å²) in [5, 5.41) is 5.49. The summed E-state index contributed by atoms with van der Waals surface area (Å²) in [6.45, 7) is 15.3. The zero-order valence-electron chi connectivity index (χ0n) is 65.6. The lowest BCUT2D eigenvalue weighted by atomic mass is 10.0. The number of H-pyrrole nitrogens is 1. The first-order valence-electron chi connectivity index (χ1n) is 39.7. The third kappa shape index (κ3) is 15.1. The Hall–Kier alpha value is -8.16. The Balaban J connectivity index is 0.000000121. The number of nitrogens with one attached hydrogen (secondary N) is 3. The SMILES string of the molecule is Cc1c[n+]([C@@H]2O[C@@]3(C)CO[C@H]2C3O[P@]2O[C@@H](c3ccccc3)[C@H]3CCCN32)c(N=CN(C)C)[nH]c1=O.Cc1cn([C@@H]2O[C@@]3(C)CO[C@H]2C3O[P@@]2O[C@H](c3ccccc3)[C@@H]3CCCN32)c(=O)nc1NC(=O)c1ccccc1.Cc1cn([C@@H]2O[C@@]3(C)CO[C@H]2C3O[P@]2O[C@@H](c3ccccc3)[C@H]3CCCN32)c(=O)nc1NC(=O)c1ccccc1. The molecule has 0 aliphatic carbocycles. The monoisotopic (exact) mass is 1640 g/mol. The molecule has 20 rings (SSSR count). The first-order valence-corrected chi connectivity index (χ1v) is 43.1. The minimum absolute atomic E-state index is 0.00695. The highest BCUT2D eigenvalue weighted by molar-refractivity contribution is 7.45. The van der Waals surface area contributed by atoms with Crippen LogP contribution >= 0.6 is 25.6 Å². The number of fused-ring (bicyclic) bond motifs is 9. The highest BCUT2D eigenvalue weighted by Gasteiger charge is 2.67. The largest absolute Gasteiger partial charge is 0.402 e. The van der Waals surface area contributed by atoms with Gasteiger partial charge < -0.3 is 71.1 Å². The Labute approximate surface area is 674 Å². The van der Waals surface area contributed by atoms with Crippen molar-refractivity contribution in [3.8, 4) is 0 Å². The number of nitrogens with zero attached hydrogens (tertiary/aromatic N) is 10.